The van der Waals surface area contributed by atoms with Crippen molar-refractivity contribution in [2.24, 2.45) is 11.8 Å². The van der Waals surface area contributed by atoms with E-state index < -0.39 is 12.0 Å². The third-order valence-corrected chi connectivity index (χ3v) is 3.91. The van der Waals surface area contributed by atoms with Crippen LogP contribution in [0, 0.1) is 23.2 Å². The molecule has 112 valence electrons. The second-order valence-electron chi connectivity index (χ2n) is 5.54. The van der Waals surface area contributed by atoms with Gasteiger partial charge in [-0.15, -0.1) is 0 Å². The fourth-order valence-corrected chi connectivity index (χ4v) is 2.62. The van der Waals surface area contributed by atoms with Gasteiger partial charge in [0.15, 0.2) is 0 Å². The van der Waals surface area contributed by atoms with Gasteiger partial charge in [-0.05, 0) is 25.7 Å². The summed E-state index contributed by atoms with van der Waals surface area (Å²) in [5.41, 5.74) is 0. The van der Waals surface area contributed by atoms with E-state index in [2.05, 4.69) is 6.07 Å². The highest BCUT2D eigenvalue weighted by molar-refractivity contribution is 5.82. The number of amides is 2. The summed E-state index contributed by atoms with van der Waals surface area (Å²) in [6, 6.07) is 1.03. The molecule has 0 aromatic carbocycles. The molecule has 2 amide bonds. The predicted octanol–water partition coefficient (Wildman–Crippen LogP) is 1.77. The Labute approximate surface area is 120 Å². The van der Waals surface area contributed by atoms with Gasteiger partial charge in [-0.1, -0.05) is 13.3 Å². The van der Waals surface area contributed by atoms with Crippen LogP contribution in [0.3, 0.4) is 0 Å². The number of carboxylic acid groups (broad SMARTS) is 1. The summed E-state index contributed by atoms with van der Waals surface area (Å²) >= 11 is 0. The maximum Gasteiger partial charge on any atom is 0.326 e. The van der Waals surface area contributed by atoms with Crippen molar-refractivity contribution in [3.8, 4) is 6.07 Å². The molecular formula is C14H23N3O3. The van der Waals surface area contributed by atoms with E-state index in [1.54, 1.807) is 14.0 Å². The predicted molar refractivity (Wildman–Crippen MR) is 73.9 cm³/mol. The molecule has 0 saturated carbocycles. The number of likely N-dealkylation sites (tertiary alicyclic amines) is 1. The van der Waals surface area contributed by atoms with E-state index in [9.17, 15) is 14.7 Å². The van der Waals surface area contributed by atoms with Gasteiger partial charge in [0.05, 0.1) is 12.0 Å². The Bertz CT molecular complexity index is 405. The highest BCUT2D eigenvalue weighted by Crippen LogP contribution is 2.26. The number of piperidine rings is 1. The largest absolute Gasteiger partial charge is 0.480 e. The highest BCUT2D eigenvalue weighted by atomic mass is 16.4. The Hall–Kier alpha value is -1.77. The second-order valence-corrected chi connectivity index (χ2v) is 5.54. The Morgan fingerprint density at radius 2 is 2.20 bits per heavy atom. The first-order valence-corrected chi connectivity index (χ1v) is 7.04. The maximum atomic E-state index is 12.3. The summed E-state index contributed by atoms with van der Waals surface area (Å²) < 4.78 is 0. The first-order valence-electron chi connectivity index (χ1n) is 7.04. The van der Waals surface area contributed by atoms with Gasteiger partial charge in [0.25, 0.3) is 0 Å². The van der Waals surface area contributed by atoms with E-state index in [-0.39, 0.29) is 11.9 Å². The fraction of sp³-hybridized carbons (Fsp3) is 0.786. The Morgan fingerprint density at radius 3 is 2.70 bits per heavy atom. The quantitative estimate of drug-likeness (QED) is 0.851. The van der Waals surface area contributed by atoms with Crippen molar-refractivity contribution in [1.29, 1.82) is 5.26 Å². The molecular weight excluding hydrogens is 258 g/mol. The van der Waals surface area contributed by atoms with Gasteiger partial charge in [-0.3, -0.25) is 0 Å². The molecule has 0 aliphatic carbocycles. The molecule has 3 atom stereocenters. The van der Waals surface area contributed by atoms with E-state index in [0.717, 1.165) is 12.8 Å². The SMILES string of the molecule is CCC1CCN(C(=O)N(C)CC(C)C#N)C(C(=O)O)C1. The minimum absolute atomic E-state index is 0.264. The number of hydrogen-bond donors (Lipinski definition) is 1. The monoisotopic (exact) mass is 281 g/mol. The van der Waals surface area contributed by atoms with Crippen LogP contribution in [0.1, 0.15) is 33.1 Å². The number of aliphatic carboxylic acids is 1. The van der Waals surface area contributed by atoms with Crippen LogP contribution >= 0.6 is 0 Å². The van der Waals surface area contributed by atoms with Crippen molar-refractivity contribution in [3.63, 3.8) is 0 Å². The average molecular weight is 281 g/mol. The fourth-order valence-electron chi connectivity index (χ4n) is 2.62. The van der Waals surface area contributed by atoms with Gasteiger partial charge in [0.1, 0.15) is 6.04 Å². The lowest BCUT2D eigenvalue weighted by Crippen LogP contribution is -2.54. The summed E-state index contributed by atoms with van der Waals surface area (Å²) in [7, 11) is 1.61. The molecule has 6 heteroatoms. The minimum atomic E-state index is -0.946. The lowest BCUT2D eigenvalue weighted by Gasteiger charge is -2.39. The zero-order valence-corrected chi connectivity index (χ0v) is 12.4. The standard InChI is InChI=1S/C14H23N3O3/c1-4-11-5-6-17(12(7-11)13(18)19)14(20)16(3)9-10(2)8-15/h10-12H,4-7,9H2,1-3H3,(H,18,19). The highest BCUT2D eigenvalue weighted by Gasteiger charge is 2.36. The molecule has 1 rings (SSSR count). The van der Waals surface area contributed by atoms with Crippen molar-refractivity contribution < 1.29 is 14.7 Å². The van der Waals surface area contributed by atoms with E-state index in [0.29, 0.717) is 25.4 Å². The minimum Gasteiger partial charge on any atom is -0.480 e. The maximum absolute atomic E-state index is 12.3. The molecule has 0 bridgehead atoms. The number of hydrogen-bond acceptors (Lipinski definition) is 3. The summed E-state index contributed by atoms with van der Waals surface area (Å²) in [6.07, 6.45) is 2.29. The summed E-state index contributed by atoms with van der Waals surface area (Å²) in [4.78, 5) is 26.6. The van der Waals surface area contributed by atoms with Crippen LogP contribution in [-0.2, 0) is 4.79 Å². The smallest absolute Gasteiger partial charge is 0.326 e. The van der Waals surface area contributed by atoms with Crippen molar-refractivity contribution in [1.82, 2.24) is 9.80 Å². The van der Waals surface area contributed by atoms with Crippen LogP contribution in [0.2, 0.25) is 0 Å². The van der Waals surface area contributed by atoms with Crippen LogP contribution in [0.15, 0.2) is 0 Å². The number of urea groups is 1. The molecule has 0 aromatic rings. The molecule has 1 heterocycles. The summed E-state index contributed by atoms with van der Waals surface area (Å²) in [6.45, 7) is 4.57. The first kappa shape index (κ1) is 16.3. The van der Waals surface area contributed by atoms with Crippen LogP contribution in [0.5, 0.6) is 0 Å². The zero-order valence-electron chi connectivity index (χ0n) is 12.4. The molecule has 0 aromatic heterocycles. The molecule has 3 unspecified atom stereocenters. The Balaban J connectivity index is 2.75. The summed E-state index contributed by atoms with van der Waals surface area (Å²) in [5.74, 6) is -0.845. The Morgan fingerprint density at radius 1 is 1.55 bits per heavy atom. The number of rotatable bonds is 4. The van der Waals surface area contributed by atoms with Gasteiger partial charge in [-0.25, -0.2) is 9.59 Å². The molecule has 0 radical (unpaired) electrons. The third-order valence-electron chi connectivity index (χ3n) is 3.91. The number of carbonyl (C=O) groups excluding carboxylic acids is 1. The lowest BCUT2D eigenvalue weighted by atomic mass is 9.89. The molecule has 1 N–H and O–H groups in total. The second kappa shape index (κ2) is 7.13. The summed E-state index contributed by atoms with van der Waals surface area (Å²) in [5, 5.41) is 18.1. The van der Waals surface area contributed by atoms with Crippen molar-refractivity contribution in [2.45, 2.75) is 39.2 Å². The van der Waals surface area contributed by atoms with Gasteiger partial charge in [0.2, 0.25) is 0 Å². The molecule has 1 aliphatic heterocycles. The molecule has 1 saturated heterocycles. The van der Waals surface area contributed by atoms with Gasteiger partial charge in [-0.2, -0.15) is 5.26 Å². The van der Waals surface area contributed by atoms with E-state index in [1.807, 2.05) is 6.92 Å². The molecule has 1 aliphatic rings. The van der Waals surface area contributed by atoms with Crippen molar-refractivity contribution in [3.05, 3.63) is 0 Å². The zero-order chi connectivity index (χ0) is 15.3. The van der Waals surface area contributed by atoms with Gasteiger partial charge >= 0.3 is 12.0 Å². The van der Waals surface area contributed by atoms with Crippen molar-refractivity contribution in [2.75, 3.05) is 20.1 Å². The topological polar surface area (TPSA) is 84.6 Å². The van der Waals surface area contributed by atoms with Crippen LogP contribution in [-0.4, -0.2) is 53.1 Å². The Kier molecular flexibility index (Phi) is 5.81. The molecule has 20 heavy (non-hydrogen) atoms. The first-order chi connectivity index (χ1) is 9.40. The number of carbonyl (C=O) groups is 2. The van der Waals surface area contributed by atoms with Crippen LogP contribution < -0.4 is 0 Å². The van der Waals surface area contributed by atoms with Crippen LogP contribution in [0.4, 0.5) is 4.79 Å². The van der Waals surface area contributed by atoms with Gasteiger partial charge < -0.3 is 14.9 Å². The normalized spacial score (nSPS) is 23.8. The van der Waals surface area contributed by atoms with E-state index in [4.69, 9.17) is 5.26 Å². The third kappa shape index (κ3) is 3.86. The molecule has 0 spiro atoms. The lowest BCUT2D eigenvalue weighted by molar-refractivity contribution is -0.144. The molecule has 6 nitrogen and oxygen atoms in total. The number of nitriles is 1. The van der Waals surface area contributed by atoms with Gasteiger partial charge in [0, 0.05) is 20.1 Å². The van der Waals surface area contributed by atoms with Crippen LogP contribution in [0.25, 0.3) is 0 Å². The molecule has 1 fully saturated rings. The number of carboxylic acids is 1. The van der Waals surface area contributed by atoms with E-state index >= 15 is 0 Å². The number of nitrogens with zero attached hydrogens (tertiary/aromatic N) is 3. The van der Waals surface area contributed by atoms with E-state index in [1.165, 1.54) is 9.80 Å². The van der Waals surface area contributed by atoms with Crippen molar-refractivity contribution >= 4 is 12.0 Å². The average Bonchev–Trinajstić information content (AvgIpc) is 2.45.